The van der Waals surface area contributed by atoms with Crippen LogP contribution >= 0.6 is 15.9 Å². The van der Waals surface area contributed by atoms with E-state index in [-0.39, 0.29) is 11.9 Å². The Hall–Kier alpha value is -1.03. The molecule has 0 amide bonds. The minimum absolute atomic E-state index is 0.148. The second-order valence-corrected chi connectivity index (χ2v) is 7.67. The average molecular weight is 385 g/mol. The van der Waals surface area contributed by atoms with Gasteiger partial charge in [-0.1, -0.05) is 35.0 Å². The van der Waals surface area contributed by atoms with Crippen LogP contribution in [0.1, 0.15) is 52.5 Å². The first-order valence-electron chi connectivity index (χ1n) is 8.32. The van der Waals surface area contributed by atoms with Crippen molar-refractivity contribution in [3.8, 4) is 5.75 Å². The van der Waals surface area contributed by atoms with Crippen LogP contribution in [0.5, 0.6) is 5.75 Å². The van der Waals surface area contributed by atoms with Crippen molar-refractivity contribution in [2.75, 3.05) is 11.9 Å². The maximum atomic E-state index is 12.0. The molecule has 130 valence electrons. The number of unbranched alkanes of at least 4 members (excludes halogenated alkanes) is 2. The molecule has 0 spiro atoms. The number of carbonyl (C=O) groups excluding carboxylic acids is 1. The molecule has 1 atom stereocenters. The molecule has 0 aliphatic rings. The highest BCUT2D eigenvalue weighted by Crippen LogP contribution is 2.18. The summed E-state index contributed by atoms with van der Waals surface area (Å²) in [6.45, 7) is 8.33. The number of hydrogen-bond acceptors (Lipinski definition) is 3. The Bertz CT molecular complexity index is 462. The number of halogens is 1. The van der Waals surface area contributed by atoms with Gasteiger partial charge in [-0.3, -0.25) is 4.79 Å². The summed E-state index contributed by atoms with van der Waals surface area (Å²) in [5.41, 5.74) is 0.688. The molecule has 0 aromatic heterocycles. The Labute approximate surface area is 148 Å². The quantitative estimate of drug-likeness (QED) is 0.335. The third kappa shape index (κ3) is 8.99. The van der Waals surface area contributed by atoms with Gasteiger partial charge in [0.15, 0.2) is 0 Å². The first-order valence-corrected chi connectivity index (χ1v) is 9.44. The number of rotatable bonds is 9. The van der Waals surface area contributed by atoms with Gasteiger partial charge in [0.05, 0.1) is 12.5 Å². The Morgan fingerprint density at radius 2 is 1.78 bits per heavy atom. The minimum Gasteiger partial charge on any atom is -0.494 e. The summed E-state index contributed by atoms with van der Waals surface area (Å²) in [7, 11) is 0. The van der Waals surface area contributed by atoms with E-state index in [4.69, 9.17) is 9.47 Å². The van der Waals surface area contributed by atoms with Gasteiger partial charge in [-0.25, -0.2) is 0 Å². The van der Waals surface area contributed by atoms with Crippen molar-refractivity contribution in [3.05, 3.63) is 29.8 Å². The molecule has 0 saturated heterocycles. The predicted molar refractivity (Wildman–Crippen MR) is 98.3 cm³/mol. The molecule has 0 fully saturated rings. The molecule has 4 heteroatoms. The highest BCUT2D eigenvalue weighted by molar-refractivity contribution is 9.09. The molecule has 0 N–H and O–H groups in total. The molecule has 0 heterocycles. The van der Waals surface area contributed by atoms with Crippen molar-refractivity contribution in [2.45, 2.75) is 59.0 Å². The van der Waals surface area contributed by atoms with E-state index < -0.39 is 5.60 Å². The number of hydrogen-bond donors (Lipinski definition) is 0. The van der Waals surface area contributed by atoms with Crippen LogP contribution in [0.3, 0.4) is 0 Å². The van der Waals surface area contributed by atoms with E-state index in [0.717, 1.165) is 29.7 Å². The zero-order valence-electron chi connectivity index (χ0n) is 14.7. The molecule has 1 aromatic rings. The van der Waals surface area contributed by atoms with Gasteiger partial charge in [-0.05, 0) is 64.2 Å². The standard InChI is InChI=1S/C19H29BrO3/c1-15(18(21)23-19(2,3)4)14-16-8-10-17(11-9-16)22-13-7-5-6-12-20/h8-11,15H,5-7,12-14H2,1-4H3/t15-/m0/s1. The number of esters is 1. The lowest BCUT2D eigenvalue weighted by molar-refractivity contribution is -0.159. The molecule has 0 aliphatic heterocycles. The molecule has 0 saturated carbocycles. The molecule has 3 nitrogen and oxygen atoms in total. The summed E-state index contributed by atoms with van der Waals surface area (Å²) in [6, 6.07) is 7.99. The zero-order chi connectivity index (χ0) is 17.3. The van der Waals surface area contributed by atoms with E-state index in [1.165, 1.54) is 12.8 Å². The molecule has 0 aliphatic carbocycles. The van der Waals surface area contributed by atoms with E-state index in [1.54, 1.807) is 0 Å². The normalized spacial score (nSPS) is 12.7. The number of benzene rings is 1. The van der Waals surface area contributed by atoms with E-state index in [2.05, 4.69) is 15.9 Å². The maximum Gasteiger partial charge on any atom is 0.309 e. The number of alkyl halides is 1. The summed E-state index contributed by atoms with van der Waals surface area (Å²) in [5, 5.41) is 1.05. The smallest absolute Gasteiger partial charge is 0.309 e. The number of carbonyl (C=O) groups is 1. The van der Waals surface area contributed by atoms with Crippen LogP contribution in [0.25, 0.3) is 0 Å². The van der Waals surface area contributed by atoms with Gasteiger partial charge in [-0.15, -0.1) is 0 Å². The fraction of sp³-hybridized carbons (Fsp3) is 0.632. The summed E-state index contributed by atoms with van der Waals surface area (Å²) in [6.07, 6.45) is 4.12. The van der Waals surface area contributed by atoms with Gasteiger partial charge in [0.25, 0.3) is 0 Å². The highest BCUT2D eigenvalue weighted by atomic mass is 79.9. The molecular formula is C19H29BrO3. The summed E-state index contributed by atoms with van der Waals surface area (Å²) < 4.78 is 11.1. The molecule has 1 rings (SSSR count). The van der Waals surface area contributed by atoms with Crippen molar-refractivity contribution in [3.63, 3.8) is 0 Å². The third-order valence-corrected chi connectivity index (χ3v) is 3.88. The van der Waals surface area contributed by atoms with Crippen molar-refractivity contribution in [1.29, 1.82) is 0 Å². The summed E-state index contributed by atoms with van der Waals surface area (Å²) in [5.74, 6) is 0.590. The zero-order valence-corrected chi connectivity index (χ0v) is 16.3. The maximum absolute atomic E-state index is 12.0. The largest absolute Gasteiger partial charge is 0.494 e. The first kappa shape index (κ1) is 20.0. The van der Waals surface area contributed by atoms with Gasteiger partial charge in [0.1, 0.15) is 11.4 Å². The molecule has 0 bridgehead atoms. The van der Waals surface area contributed by atoms with Crippen LogP contribution in [-0.4, -0.2) is 23.5 Å². The second-order valence-electron chi connectivity index (χ2n) is 6.88. The molecular weight excluding hydrogens is 356 g/mol. The Morgan fingerprint density at radius 3 is 2.35 bits per heavy atom. The van der Waals surface area contributed by atoms with Gasteiger partial charge in [-0.2, -0.15) is 0 Å². The van der Waals surface area contributed by atoms with Gasteiger partial charge in [0.2, 0.25) is 0 Å². The van der Waals surface area contributed by atoms with E-state index in [9.17, 15) is 4.79 Å². The van der Waals surface area contributed by atoms with Gasteiger partial charge in [0, 0.05) is 5.33 Å². The lowest BCUT2D eigenvalue weighted by Crippen LogP contribution is -2.28. The average Bonchev–Trinajstić information content (AvgIpc) is 2.47. The summed E-state index contributed by atoms with van der Waals surface area (Å²) in [4.78, 5) is 12.0. The SMILES string of the molecule is C[C@@H](Cc1ccc(OCCCCCBr)cc1)C(=O)OC(C)(C)C. The Kier molecular flexibility index (Phi) is 8.67. The predicted octanol–water partition coefficient (Wildman–Crippen LogP) is 5.15. The van der Waals surface area contributed by atoms with Crippen LogP contribution in [0.15, 0.2) is 24.3 Å². The third-order valence-electron chi connectivity index (χ3n) is 3.32. The first-order chi connectivity index (χ1) is 10.8. The van der Waals surface area contributed by atoms with Crippen molar-refractivity contribution < 1.29 is 14.3 Å². The molecule has 0 radical (unpaired) electrons. The highest BCUT2D eigenvalue weighted by Gasteiger charge is 2.21. The van der Waals surface area contributed by atoms with Crippen LogP contribution in [0, 0.1) is 5.92 Å². The Morgan fingerprint density at radius 1 is 1.13 bits per heavy atom. The topological polar surface area (TPSA) is 35.5 Å². The van der Waals surface area contributed by atoms with Gasteiger partial charge >= 0.3 is 5.97 Å². The van der Waals surface area contributed by atoms with Crippen LogP contribution in [-0.2, 0) is 16.0 Å². The van der Waals surface area contributed by atoms with Crippen molar-refractivity contribution in [1.82, 2.24) is 0 Å². The second kappa shape index (κ2) is 9.96. The summed E-state index contributed by atoms with van der Waals surface area (Å²) >= 11 is 3.43. The lowest BCUT2D eigenvalue weighted by atomic mass is 10.0. The molecule has 23 heavy (non-hydrogen) atoms. The van der Waals surface area contributed by atoms with Crippen LogP contribution < -0.4 is 4.74 Å². The van der Waals surface area contributed by atoms with Crippen molar-refractivity contribution >= 4 is 21.9 Å². The monoisotopic (exact) mass is 384 g/mol. The Balaban J connectivity index is 2.40. The van der Waals surface area contributed by atoms with Crippen molar-refractivity contribution in [2.24, 2.45) is 5.92 Å². The van der Waals surface area contributed by atoms with E-state index >= 15 is 0 Å². The lowest BCUT2D eigenvalue weighted by Gasteiger charge is -2.22. The fourth-order valence-electron chi connectivity index (χ4n) is 2.12. The van der Waals surface area contributed by atoms with E-state index in [0.29, 0.717) is 6.42 Å². The fourth-order valence-corrected chi connectivity index (χ4v) is 2.52. The molecule has 1 aromatic carbocycles. The van der Waals surface area contributed by atoms with Crippen LogP contribution in [0.4, 0.5) is 0 Å². The number of ether oxygens (including phenoxy) is 2. The van der Waals surface area contributed by atoms with Crippen LogP contribution in [0.2, 0.25) is 0 Å². The molecule has 0 unspecified atom stereocenters. The van der Waals surface area contributed by atoms with E-state index in [1.807, 2.05) is 52.0 Å². The van der Waals surface area contributed by atoms with Gasteiger partial charge < -0.3 is 9.47 Å². The minimum atomic E-state index is -0.433.